The summed E-state index contributed by atoms with van der Waals surface area (Å²) in [6.45, 7) is 1.49. The molecule has 2 unspecified atom stereocenters. The number of esters is 1. The first-order valence-corrected chi connectivity index (χ1v) is 13.6. The SMILES string of the molecule is CC(=O)OCC(Cc1cccc(C(=N)N)c1)C(CCc1ccccc1)NC(=O)c1ccc(-c2cccc(F)c2)cc1. The molecule has 0 radical (unpaired) electrons. The molecule has 41 heavy (non-hydrogen) atoms. The molecule has 1 amide bonds. The van der Waals surface area contributed by atoms with Crippen LogP contribution in [-0.4, -0.2) is 30.4 Å². The molecule has 4 aromatic rings. The fourth-order valence-electron chi connectivity index (χ4n) is 4.84. The van der Waals surface area contributed by atoms with Crippen molar-refractivity contribution in [3.63, 3.8) is 0 Å². The van der Waals surface area contributed by atoms with E-state index in [0.29, 0.717) is 30.4 Å². The van der Waals surface area contributed by atoms with E-state index in [-0.39, 0.29) is 36.1 Å². The number of amides is 1. The van der Waals surface area contributed by atoms with Crippen LogP contribution in [0.25, 0.3) is 11.1 Å². The Balaban J connectivity index is 1.58. The minimum atomic E-state index is -0.395. The average Bonchev–Trinajstić information content (AvgIpc) is 2.98. The zero-order chi connectivity index (χ0) is 29.2. The number of amidine groups is 1. The van der Waals surface area contributed by atoms with E-state index < -0.39 is 5.97 Å². The highest BCUT2D eigenvalue weighted by Crippen LogP contribution is 2.23. The van der Waals surface area contributed by atoms with Crippen molar-refractivity contribution < 1.29 is 18.7 Å². The fraction of sp³-hybridized carbons (Fsp3) is 0.206. The van der Waals surface area contributed by atoms with Gasteiger partial charge in [-0.15, -0.1) is 0 Å². The van der Waals surface area contributed by atoms with Crippen LogP contribution in [0.3, 0.4) is 0 Å². The van der Waals surface area contributed by atoms with E-state index in [1.807, 2.05) is 54.6 Å². The molecule has 0 bridgehead atoms. The number of hydrogen-bond donors (Lipinski definition) is 3. The van der Waals surface area contributed by atoms with E-state index in [1.54, 1.807) is 36.4 Å². The van der Waals surface area contributed by atoms with Crippen molar-refractivity contribution in [3.05, 3.63) is 131 Å². The van der Waals surface area contributed by atoms with Gasteiger partial charge in [-0.2, -0.15) is 0 Å². The number of nitrogens with one attached hydrogen (secondary N) is 2. The highest BCUT2D eigenvalue weighted by atomic mass is 19.1. The van der Waals surface area contributed by atoms with Crippen molar-refractivity contribution >= 4 is 17.7 Å². The van der Waals surface area contributed by atoms with E-state index >= 15 is 0 Å². The van der Waals surface area contributed by atoms with E-state index in [2.05, 4.69) is 5.32 Å². The Labute approximate surface area is 239 Å². The Hall–Kier alpha value is -4.78. The maximum absolute atomic E-state index is 13.7. The van der Waals surface area contributed by atoms with E-state index in [9.17, 15) is 14.0 Å². The maximum Gasteiger partial charge on any atom is 0.302 e. The molecule has 0 aliphatic heterocycles. The first-order chi connectivity index (χ1) is 19.8. The summed E-state index contributed by atoms with van der Waals surface area (Å²) >= 11 is 0. The number of nitrogen functional groups attached to an aromatic ring is 1. The molecule has 0 saturated heterocycles. The third-order valence-corrected chi connectivity index (χ3v) is 7.01. The molecule has 210 valence electrons. The summed E-state index contributed by atoms with van der Waals surface area (Å²) in [5.74, 6) is -1.23. The van der Waals surface area contributed by atoms with Gasteiger partial charge < -0.3 is 15.8 Å². The minimum absolute atomic E-state index is 0.0287. The monoisotopic (exact) mass is 551 g/mol. The number of aryl methyl sites for hydroxylation is 1. The summed E-state index contributed by atoms with van der Waals surface area (Å²) in [4.78, 5) is 25.3. The Morgan fingerprint density at radius 1 is 0.854 bits per heavy atom. The van der Waals surface area contributed by atoms with Gasteiger partial charge in [0, 0.05) is 30.0 Å². The normalized spacial score (nSPS) is 12.2. The summed E-state index contributed by atoms with van der Waals surface area (Å²) in [5, 5.41) is 11.0. The topological polar surface area (TPSA) is 105 Å². The lowest BCUT2D eigenvalue weighted by atomic mass is 9.88. The summed E-state index contributed by atoms with van der Waals surface area (Å²) in [5.41, 5.74) is 10.4. The van der Waals surface area contributed by atoms with Crippen LogP contribution in [0, 0.1) is 17.1 Å². The lowest BCUT2D eigenvalue weighted by Crippen LogP contribution is -2.43. The molecule has 0 aliphatic rings. The molecule has 0 spiro atoms. The lowest BCUT2D eigenvalue weighted by molar-refractivity contribution is -0.142. The summed E-state index contributed by atoms with van der Waals surface area (Å²) in [6.07, 6.45) is 1.84. The highest BCUT2D eigenvalue weighted by molar-refractivity contribution is 5.95. The van der Waals surface area contributed by atoms with Crippen molar-refractivity contribution in [2.75, 3.05) is 6.61 Å². The Kier molecular flexibility index (Phi) is 9.99. The maximum atomic E-state index is 13.7. The molecule has 4 aromatic carbocycles. The largest absolute Gasteiger partial charge is 0.465 e. The van der Waals surface area contributed by atoms with E-state index in [0.717, 1.165) is 22.3 Å². The Morgan fingerprint density at radius 3 is 2.24 bits per heavy atom. The first-order valence-electron chi connectivity index (χ1n) is 13.6. The van der Waals surface area contributed by atoms with Crippen LogP contribution in [-0.2, 0) is 22.4 Å². The quantitative estimate of drug-likeness (QED) is 0.115. The van der Waals surface area contributed by atoms with Crippen LogP contribution in [0.15, 0.2) is 103 Å². The van der Waals surface area contributed by atoms with Crippen molar-refractivity contribution in [2.24, 2.45) is 11.7 Å². The standard InChI is InChI=1S/C34H34FN3O3/c1-23(39)41-22-30(20-25-9-5-11-29(19-25)33(36)37)32(18-13-24-7-3-2-4-8-24)38-34(40)27-16-14-26(15-17-27)28-10-6-12-31(35)21-28/h2-12,14-17,19,21,30,32H,13,18,20,22H2,1H3,(H3,36,37)(H,38,40). The van der Waals surface area contributed by atoms with Gasteiger partial charge in [-0.1, -0.05) is 72.8 Å². The van der Waals surface area contributed by atoms with Crippen LogP contribution in [0.4, 0.5) is 4.39 Å². The molecule has 0 fully saturated rings. The van der Waals surface area contributed by atoms with Gasteiger partial charge in [-0.3, -0.25) is 15.0 Å². The summed E-state index contributed by atoms with van der Waals surface area (Å²) < 4.78 is 19.2. The van der Waals surface area contributed by atoms with Gasteiger partial charge in [-0.25, -0.2) is 4.39 Å². The minimum Gasteiger partial charge on any atom is -0.465 e. The van der Waals surface area contributed by atoms with Crippen LogP contribution < -0.4 is 11.1 Å². The van der Waals surface area contributed by atoms with Crippen LogP contribution in [0.5, 0.6) is 0 Å². The number of carbonyl (C=O) groups is 2. The third-order valence-electron chi connectivity index (χ3n) is 7.01. The van der Waals surface area contributed by atoms with Gasteiger partial charge in [0.15, 0.2) is 0 Å². The third kappa shape index (κ3) is 8.60. The molecule has 4 rings (SSSR count). The van der Waals surface area contributed by atoms with Gasteiger partial charge in [0.2, 0.25) is 0 Å². The molecule has 0 heterocycles. The molecule has 4 N–H and O–H groups in total. The van der Waals surface area contributed by atoms with Crippen molar-refractivity contribution in [1.82, 2.24) is 5.32 Å². The van der Waals surface area contributed by atoms with E-state index in [4.69, 9.17) is 15.9 Å². The van der Waals surface area contributed by atoms with E-state index in [1.165, 1.54) is 19.1 Å². The Morgan fingerprint density at radius 2 is 1.56 bits per heavy atom. The number of halogens is 1. The predicted octanol–water partition coefficient (Wildman–Crippen LogP) is 5.93. The molecular formula is C34H34FN3O3. The second kappa shape index (κ2) is 14.0. The fourth-order valence-corrected chi connectivity index (χ4v) is 4.84. The van der Waals surface area contributed by atoms with Crippen LogP contribution in [0.1, 0.15) is 40.4 Å². The van der Waals surface area contributed by atoms with Gasteiger partial charge in [-0.05, 0) is 71.8 Å². The van der Waals surface area contributed by atoms with Gasteiger partial charge >= 0.3 is 5.97 Å². The highest BCUT2D eigenvalue weighted by Gasteiger charge is 2.26. The second-order valence-corrected chi connectivity index (χ2v) is 10.1. The number of benzene rings is 4. The number of ether oxygens (including phenoxy) is 1. The average molecular weight is 552 g/mol. The molecule has 2 atom stereocenters. The number of carbonyl (C=O) groups excluding carboxylic acids is 2. The number of rotatable bonds is 12. The van der Waals surface area contributed by atoms with Crippen LogP contribution >= 0.6 is 0 Å². The Bertz CT molecular complexity index is 1490. The van der Waals surface area contributed by atoms with Crippen molar-refractivity contribution in [3.8, 4) is 11.1 Å². The van der Waals surface area contributed by atoms with Gasteiger partial charge in [0.05, 0.1) is 6.61 Å². The number of nitrogens with two attached hydrogens (primary N) is 1. The molecule has 0 saturated carbocycles. The second-order valence-electron chi connectivity index (χ2n) is 10.1. The molecule has 7 heteroatoms. The lowest BCUT2D eigenvalue weighted by Gasteiger charge is -2.28. The number of hydrogen-bond acceptors (Lipinski definition) is 4. The van der Waals surface area contributed by atoms with Gasteiger partial charge in [0.25, 0.3) is 5.91 Å². The van der Waals surface area contributed by atoms with Crippen molar-refractivity contribution in [2.45, 2.75) is 32.2 Å². The molecule has 0 aliphatic carbocycles. The van der Waals surface area contributed by atoms with Crippen molar-refractivity contribution in [1.29, 1.82) is 5.41 Å². The molecular weight excluding hydrogens is 517 g/mol. The molecule has 0 aromatic heterocycles. The van der Waals surface area contributed by atoms with Gasteiger partial charge in [0.1, 0.15) is 11.7 Å². The zero-order valence-corrected chi connectivity index (χ0v) is 23.0. The summed E-state index contributed by atoms with van der Waals surface area (Å²) in [7, 11) is 0. The van der Waals surface area contributed by atoms with Crippen LogP contribution in [0.2, 0.25) is 0 Å². The summed E-state index contributed by atoms with van der Waals surface area (Å²) in [6, 6.07) is 30.4. The molecule has 6 nitrogen and oxygen atoms in total. The predicted molar refractivity (Wildman–Crippen MR) is 159 cm³/mol. The first kappa shape index (κ1) is 29.2. The zero-order valence-electron chi connectivity index (χ0n) is 23.0. The smallest absolute Gasteiger partial charge is 0.302 e.